The quantitative estimate of drug-likeness (QED) is 0.502. The van der Waals surface area contributed by atoms with Gasteiger partial charge in [0.2, 0.25) is 0 Å². The van der Waals surface area contributed by atoms with Gasteiger partial charge in [-0.25, -0.2) is 4.99 Å². The van der Waals surface area contributed by atoms with Crippen LogP contribution in [0.5, 0.6) is 11.5 Å². The van der Waals surface area contributed by atoms with Crippen molar-refractivity contribution in [2.45, 2.75) is 0 Å². The fourth-order valence-corrected chi connectivity index (χ4v) is 3.07. The molecule has 0 bridgehead atoms. The SMILES string of the molecule is COc1cc(/C=C2\SC(=Nc3ccccc3)NC2=O)cc([N+](=O)[O-])c1[O-]. The van der Waals surface area contributed by atoms with E-state index in [9.17, 15) is 20.0 Å². The molecule has 3 rings (SSSR count). The molecule has 9 heteroatoms. The number of amides is 1. The molecule has 0 aliphatic carbocycles. The average Bonchev–Trinajstić information content (AvgIpc) is 2.96. The van der Waals surface area contributed by atoms with Crippen LogP contribution in [0.15, 0.2) is 52.4 Å². The Labute approximate surface area is 152 Å². The molecule has 1 heterocycles. The van der Waals surface area contributed by atoms with Crippen molar-refractivity contribution in [2.75, 3.05) is 7.11 Å². The third kappa shape index (κ3) is 3.67. The first-order valence-electron chi connectivity index (χ1n) is 7.36. The molecule has 1 aliphatic heterocycles. The summed E-state index contributed by atoms with van der Waals surface area (Å²) in [6, 6.07) is 11.6. The number of hydrogen-bond acceptors (Lipinski definition) is 7. The van der Waals surface area contributed by atoms with E-state index in [1.807, 2.05) is 18.2 Å². The van der Waals surface area contributed by atoms with Gasteiger partial charge in [0.25, 0.3) is 11.6 Å². The largest absolute Gasteiger partial charge is 0.865 e. The van der Waals surface area contributed by atoms with Gasteiger partial charge < -0.3 is 15.2 Å². The topological polar surface area (TPSA) is 117 Å². The van der Waals surface area contributed by atoms with Crippen molar-refractivity contribution < 1.29 is 19.6 Å². The van der Waals surface area contributed by atoms with Crippen LogP contribution >= 0.6 is 11.8 Å². The number of para-hydroxylation sites is 1. The molecule has 26 heavy (non-hydrogen) atoms. The molecule has 0 radical (unpaired) electrons. The number of methoxy groups -OCH3 is 1. The van der Waals surface area contributed by atoms with E-state index in [2.05, 4.69) is 10.3 Å². The van der Waals surface area contributed by atoms with E-state index >= 15 is 0 Å². The molecule has 0 unspecified atom stereocenters. The second-order valence-electron chi connectivity index (χ2n) is 5.15. The minimum atomic E-state index is -0.811. The zero-order chi connectivity index (χ0) is 18.7. The summed E-state index contributed by atoms with van der Waals surface area (Å²) in [6.07, 6.45) is 1.45. The van der Waals surface area contributed by atoms with Crippen LogP contribution < -0.4 is 15.2 Å². The molecule has 1 aliphatic rings. The van der Waals surface area contributed by atoms with Crippen molar-refractivity contribution in [1.82, 2.24) is 5.32 Å². The maximum absolute atomic E-state index is 12.1. The molecule has 1 amide bonds. The van der Waals surface area contributed by atoms with Gasteiger partial charge in [-0.3, -0.25) is 14.9 Å². The molecule has 0 saturated carbocycles. The second kappa shape index (κ2) is 7.28. The summed E-state index contributed by atoms with van der Waals surface area (Å²) in [7, 11) is 1.25. The Morgan fingerprint density at radius 1 is 1.27 bits per heavy atom. The number of ether oxygens (including phenoxy) is 1. The van der Waals surface area contributed by atoms with Crippen LogP contribution in [0.1, 0.15) is 5.56 Å². The van der Waals surface area contributed by atoms with Gasteiger partial charge >= 0.3 is 0 Å². The van der Waals surface area contributed by atoms with Crippen LogP contribution in [0, 0.1) is 10.1 Å². The maximum atomic E-state index is 12.1. The number of benzene rings is 2. The van der Waals surface area contributed by atoms with Gasteiger partial charge in [0.1, 0.15) is 5.75 Å². The summed E-state index contributed by atoms with van der Waals surface area (Å²) >= 11 is 1.10. The molecule has 2 aromatic carbocycles. The third-order valence-electron chi connectivity index (χ3n) is 3.41. The average molecular weight is 370 g/mol. The first-order chi connectivity index (χ1) is 12.5. The number of nitro groups is 1. The van der Waals surface area contributed by atoms with E-state index in [4.69, 9.17) is 4.74 Å². The Balaban J connectivity index is 1.93. The lowest BCUT2D eigenvalue weighted by Crippen LogP contribution is -2.19. The predicted octanol–water partition coefficient (Wildman–Crippen LogP) is 2.57. The number of thioether (sulfide) groups is 1. The normalized spacial score (nSPS) is 16.7. The third-order valence-corrected chi connectivity index (χ3v) is 4.32. The molecule has 1 N–H and O–H groups in total. The van der Waals surface area contributed by atoms with Crippen LogP contribution in [0.2, 0.25) is 0 Å². The van der Waals surface area contributed by atoms with Crippen molar-refractivity contribution in [2.24, 2.45) is 4.99 Å². The number of carbonyl (C=O) groups is 1. The van der Waals surface area contributed by atoms with Gasteiger partial charge in [-0.15, -0.1) is 0 Å². The summed E-state index contributed by atoms with van der Waals surface area (Å²) in [5.41, 5.74) is 0.383. The smallest absolute Gasteiger partial charge is 0.266 e. The molecule has 8 nitrogen and oxygen atoms in total. The van der Waals surface area contributed by atoms with Gasteiger partial charge in [0, 0.05) is 11.8 Å². The van der Waals surface area contributed by atoms with E-state index in [1.165, 1.54) is 19.3 Å². The highest BCUT2D eigenvalue weighted by Gasteiger charge is 2.24. The highest BCUT2D eigenvalue weighted by atomic mass is 32.2. The highest BCUT2D eigenvalue weighted by molar-refractivity contribution is 8.18. The monoisotopic (exact) mass is 370 g/mol. The van der Waals surface area contributed by atoms with Crippen molar-refractivity contribution in [3.63, 3.8) is 0 Å². The number of nitrogens with zero attached hydrogens (tertiary/aromatic N) is 2. The standard InChI is InChI=1S/C17H13N3O5S/c1-25-13-8-10(7-12(15(13)21)20(23)24)9-14-16(22)19-17(26-14)18-11-5-3-2-4-6-11/h2-9,21H,1H3,(H,18,19,22)/p-1/b14-9-. The lowest BCUT2D eigenvalue weighted by Gasteiger charge is -2.13. The van der Waals surface area contributed by atoms with Crippen LogP contribution in [0.25, 0.3) is 6.08 Å². The summed E-state index contributed by atoms with van der Waals surface area (Å²) in [4.78, 5) is 27.0. The van der Waals surface area contributed by atoms with E-state index in [0.717, 1.165) is 17.8 Å². The van der Waals surface area contributed by atoms with Gasteiger partial charge in [0.05, 0.1) is 22.6 Å². The molecule has 1 saturated heterocycles. The van der Waals surface area contributed by atoms with E-state index in [-0.39, 0.29) is 11.7 Å². The Bertz CT molecular complexity index is 941. The summed E-state index contributed by atoms with van der Waals surface area (Å²) in [5, 5.41) is 25.9. The molecule has 2 aromatic rings. The Hall–Kier alpha value is -3.33. The van der Waals surface area contributed by atoms with E-state index in [1.54, 1.807) is 12.1 Å². The van der Waals surface area contributed by atoms with Gasteiger partial charge in [-0.2, -0.15) is 0 Å². The molecule has 1 fully saturated rings. The molecule has 0 aromatic heterocycles. The predicted molar refractivity (Wildman–Crippen MR) is 96.3 cm³/mol. The van der Waals surface area contributed by atoms with E-state index in [0.29, 0.717) is 21.3 Å². The van der Waals surface area contributed by atoms with Crippen LogP contribution in [0.3, 0.4) is 0 Å². The molecule has 0 atom stereocenters. The Morgan fingerprint density at radius 2 is 2.00 bits per heavy atom. The van der Waals surface area contributed by atoms with Crippen LogP contribution in [0.4, 0.5) is 11.4 Å². The lowest BCUT2D eigenvalue weighted by atomic mass is 10.1. The van der Waals surface area contributed by atoms with Crippen LogP contribution in [-0.2, 0) is 4.79 Å². The summed E-state index contributed by atoms with van der Waals surface area (Å²) in [6.45, 7) is 0. The van der Waals surface area contributed by atoms with E-state index < -0.39 is 16.4 Å². The van der Waals surface area contributed by atoms with Gasteiger partial charge in [-0.05, 0) is 41.6 Å². The Morgan fingerprint density at radius 3 is 2.65 bits per heavy atom. The number of amidine groups is 1. The number of nitrogens with one attached hydrogen (secondary N) is 1. The summed E-state index contributed by atoms with van der Waals surface area (Å²) in [5.74, 6) is -1.35. The number of rotatable bonds is 4. The number of aliphatic imine (C=N–C) groups is 1. The number of carbonyl (C=O) groups excluding carboxylic acids is 1. The first kappa shape index (κ1) is 17.5. The Kier molecular flexibility index (Phi) is 4.90. The fourth-order valence-electron chi connectivity index (χ4n) is 2.23. The van der Waals surface area contributed by atoms with Crippen molar-refractivity contribution in [1.29, 1.82) is 0 Å². The zero-order valence-corrected chi connectivity index (χ0v) is 14.3. The molecule has 132 valence electrons. The van der Waals surface area contributed by atoms with Crippen molar-refractivity contribution >= 4 is 40.3 Å². The zero-order valence-electron chi connectivity index (χ0n) is 13.5. The highest BCUT2D eigenvalue weighted by Crippen LogP contribution is 2.36. The fraction of sp³-hybridized carbons (Fsp3) is 0.0588. The molecular weight excluding hydrogens is 358 g/mol. The second-order valence-corrected chi connectivity index (χ2v) is 6.18. The molecular formula is C17H12N3O5S-. The molecule has 0 spiro atoms. The van der Waals surface area contributed by atoms with Crippen LogP contribution in [-0.4, -0.2) is 23.1 Å². The number of nitro benzene ring substituents is 1. The maximum Gasteiger partial charge on any atom is 0.266 e. The van der Waals surface area contributed by atoms with Crippen molar-refractivity contribution in [3.05, 3.63) is 63.0 Å². The summed E-state index contributed by atoms with van der Waals surface area (Å²) < 4.78 is 4.89. The van der Waals surface area contributed by atoms with Gasteiger partial charge in [0.15, 0.2) is 5.17 Å². The first-order valence-corrected chi connectivity index (χ1v) is 8.17. The van der Waals surface area contributed by atoms with Crippen molar-refractivity contribution in [3.8, 4) is 11.5 Å². The van der Waals surface area contributed by atoms with Gasteiger partial charge in [-0.1, -0.05) is 18.2 Å². The number of hydrogen-bond donors (Lipinski definition) is 1. The lowest BCUT2D eigenvalue weighted by molar-refractivity contribution is -0.398. The minimum Gasteiger partial charge on any atom is -0.865 e. The minimum absolute atomic E-state index is 0.160.